The second-order valence-electron chi connectivity index (χ2n) is 13.5. The lowest BCUT2D eigenvalue weighted by molar-refractivity contribution is -0.144. The van der Waals surface area contributed by atoms with Crippen molar-refractivity contribution in [2.75, 3.05) is 19.6 Å². The SMILES string of the molecule is CC(C)C1=C(C(=O)N2CCC[C@@H]2C(=O)N2CC3(CC3)NC[C@@H]2C)SC2=N[C@@](C)(c3ccc(Cl)nc3)[C@@H](c3ccc(Cl)c(F)c3)N21. The third-order valence-electron chi connectivity index (χ3n) is 10.0. The second kappa shape index (κ2) is 11.2. The van der Waals surface area contributed by atoms with Gasteiger partial charge < -0.3 is 20.0 Å². The molecule has 8 nitrogen and oxygen atoms in total. The number of carbonyl (C=O) groups excluding carboxylic acids is 2. The van der Waals surface area contributed by atoms with E-state index in [0.717, 1.165) is 37.1 Å². The lowest BCUT2D eigenvalue weighted by atomic mass is 9.81. The first-order chi connectivity index (χ1) is 21.4. The molecular weight excluding hydrogens is 634 g/mol. The van der Waals surface area contributed by atoms with Crippen molar-refractivity contribution in [3.8, 4) is 0 Å². The van der Waals surface area contributed by atoms with Crippen molar-refractivity contribution in [3.05, 3.63) is 74.3 Å². The highest BCUT2D eigenvalue weighted by Crippen LogP contribution is 2.56. The number of benzene rings is 1. The summed E-state index contributed by atoms with van der Waals surface area (Å²) >= 11 is 13.6. The maximum absolute atomic E-state index is 15.0. The van der Waals surface area contributed by atoms with Crippen LogP contribution in [0, 0.1) is 11.7 Å². The molecule has 2 amide bonds. The van der Waals surface area contributed by atoms with Crippen molar-refractivity contribution < 1.29 is 14.0 Å². The molecule has 5 heterocycles. The van der Waals surface area contributed by atoms with Crippen molar-refractivity contribution in [2.24, 2.45) is 10.9 Å². The predicted octanol–water partition coefficient (Wildman–Crippen LogP) is 6.11. The van der Waals surface area contributed by atoms with Gasteiger partial charge in [0.25, 0.3) is 5.91 Å². The van der Waals surface area contributed by atoms with E-state index in [1.807, 2.05) is 24.0 Å². The second-order valence-corrected chi connectivity index (χ2v) is 15.2. The molecule has 5 aliphatic rings. The lowest BCUT2D eigenvalue weighted by Crippen LogP contribution is -2.61. The van der Waals surface area contributed by atoms with Gasteiger partial charge in [0.2, 0.25) is 5.91 Å². The Hall–Kier alpha value is -2.66. The van der Waals surface area contributed by atoms with Gasteiger partial charge in [0.15, 0.2) is 5.17 Å². The Morgan fingerprint density at radius 2 is 1.93 bits per heavy atom. The summed E-state index contributed by atoms with van der Waals surface area (Å²) in [6.45, 7) is 10.2. The molecular formula is C33H37Cl2FN6O2S. The first-order valence-electron chi connectivity index (χ1n) is 15.7. The van der Waals surface area contributed by atoms with Crippen LogP contribution >= 0.6 is 35.0 Å². The number of amidine groups is 1. The molecule has 1 N–H and O–H groups in total. The molecule has 2 saturated heterocycles. The molecule has 1 saturated carbocycles. The Morgan fingerprint density at radius 3 is 2.60 bits per heavy atom. The van der Waals surface area contributed by atoms with Gasteiger partial charge in [-0.1, -0.05) is 49.2 Å². The number of nitrogens with zero attached hydrogens (tertiary/aromatic N) is 5. The van der Waals surface area contributed by atoms with E-state index in [4.69, 9.17) is 28.2 Å². The van der Waals surface area contributed by atoms with E-state index >= 15 is 0 Å². The van der Waals surface area contributed by atoms with Crippen molar-refractivity contribution in [2.45, 2.75) is 82.6 Å². The number of aliphatic imine (C=N–C) groups is 1. The topological polar surface area (TPSA) is 81.1 Å². The number of allylic oxidation sites excluding steroid dienone is 1. The highest BCUT2D eigenvalue weighted by Gasteiger charge is 2.55. The van der Waals surface area contributed by atoms with Crippen LogP contribution in [0.15, 0.2) is 52.1 Å². The first kappa shape index (κ1) is 31.0. The third kappa shape index (κ3) is 5.16. The monoisotopic (exact) mass is 670 g/mol. The highest BCUT2D eigenvalue weighted by molar-refractivity contribution is 8.18. The summed E-state index contributed by atoms with van der Waals surface area (Å²) in [6, 6.07) is 7.54. The lowest BCUT2D eigenvalue weighted by Gasteiger charge is -2.41. The number of thioether (sulfide) groups is 1. The summed E-state index contributed by atoms with van der Waals surface area (Å²) in [6.07, 6.45) is 5.30. The van der Waals surface area contributed by atoms with Crippen LogP contribution < -0.4 is 5.32 Å². The fourth-order valence-corrected chi connectivity index (χ4v) is 8.96. The molecule has 0 radical (unpaired) electrons. The maximum Gasteiger partial charge on any atom is 0.263 e. The van der Waals surface area contributed by atoms with E-state index in [1.165, 1.54) is 17.8 Å². The van der Waals surface area contributed by atoms with Gasteiger partial charge >= 0.3 is 0 Å². The summed E-state index contributed by atoms with van der Waals surface area (Å²) in [7, 11) is 0. The molecule has 238 valence electrons. The summed E-state index contributed by atoms with van der Waals surface area (Å²) in [5.74, 6) is -0.678. The van der Waals surface area contributed by atoms with Gasteiger partial charge in [-0.25, -0.2) is 14.4 Å². The van der Waals surface area contributed by atoms with E-state index < -0.39 is 23.4 Å². The molecule has 2 aromatic rings. The minimum atomic E-state index is -0.863. The minimum Gasteiger partial charge on any atom is -0.335 e. The number of likely N-dealkylation sites (tertiary alicyclic amines) is 1. The molecule has 12 heteroatoms. The number of nitrogens with one attached hydrogen (secondary N) is 1. The number of amides is 2. The fourth-order valence-electron chi connectivity index (χ4n) is 7.37. The number of fused-ring (bicyclic) bond motifs is 1. The predicted molar refractivity (Wildman–Crippen MR) is 175 cm³/mol. The average molecular weight is 672 g/mol. The van der Waals surface area contributed by atoms with Crippen LogP contribution in [0.2, 0.25) is 10.2 Å². The molecule has 0 unspecified atom stereocenters. The minimum absolute atomic E-state index is 0.0372. The van der Waals surface area contributed by atoms with Crippen LogP contribution in [0.1, 0.15) is 70.5 Å². The van der Waals surface area contributed by atoms with Gasteiger partial charge in [0.05, 0.1) is 11.1 Å². The van der Waals surface area contributed by atoms with Gasteiger partial charge in [0, 0.05) is 48.7 Å². The van der Waals surface area contributed by atoms with Gasteiger partial charge in [-0.15, -0.1) is 0 Å². The molecule has 3 fully saturated rings. The molecule has 45 heavy (non-hydrogen) atoms. The number of halogens is 3. The van der Waals surface area contributed by atoms with Crippen LogP contribution in [-0.2, 0) is 15.1 Å². The van der Waals surface area contributed by atoms with Gasteiger partial charge in [0.1, 0.15) is 27.5 Å². The molecule has 1 spiro atoms. The summed E-state index contributed by atoms with van der Waals surface area (Å²) in [5.41, 5.74) is 1.50. The maximum atomic E-state index is 15.0. The van der Waals surface area contributed by atoms with Crippen LogP contribution in [0.25, 0.3) is 0 Å². The van der Waals surface area contributed by atoms with Crippen LogP contribution in [-0.4, -0.2) is 73.9 Å². The Morgan fingerprint density at radius 1 is 1.16 bits per heavy atom. The normalized spacial score (nSPS) is 28.8. The van der Waals surface area contributed by atoms with E-state index in [-0.39, 0.29) is 34.3 Å². The number of pyridine rings is 1. The number of carbonyl (C=O) groups is 2. The van der Waals surface area contributed by atoms with Crippen molar-refractivity contribution in [3.63, 3.8) is 0 Å². The zero-order valence-corrected chi connectivity index (χ0v) is 28.1. The largest absolute Gasteiger partial charge is 0.335 e. The van der Waals surface area contributed by atoms with Crippen LogP contribution in [0.4, 0.5) is 4.39 Å². The number of rotatable bonds is 5. The summed E-state index contributed by atoms with van der Waals surface area (Å²) < 4.78 is 15.0. The molecule has 7 rings (SSSR count). The number of hydrogen-bond donors (Lipinski definition) is 1. The molecule has 0 bridgehead atoms. The zero-order valence-electron chi connectivity index (χ0n) is 25.8. The first-order valence-corrected chi connectivity index (χ1v) is 17.2. The Labute approximate surface area is 277 Å². The van der Waals surface area contributed by atoms with E-state index in [2.05, 4.69) is 36.0 Å². The summed E-state index contributed by atoms with van der Waals surface area (Å²) in [4.78, 5) is 44.5. The van der Waals surface area contributed by atoms with Crippen molar-refractivity contribution in [1.82, 2.24) is 25.0 Å². The quantitative estimate of drug-likeness (QED) is 0.387. The van der Waals surface area contributed by atoms with E-state index in [9.17, 15) is 14.0 Å². The Bertz CT molecular complexity index is 1630. The van der Waals surface area contributed by atoms with Gasteiger partial charge in [-0.05, 0) is 81.0 Å². The molecule has 1 aliphatic carbocycles. The highest BCUT2D eigenvalue weighted by atomic mass is 35.5. The van der Waals surface area contributed by atoms with Gasteiger partial charge in [-0.2, -0.15) is 0 Å². The van der Waals surface area contributed by atoms with Crippen molar-refractivity contribution >= 4 is 51.9 Å². The Kier molecular flexibility index (Phi) is 7.74. The number of piperazine rings is 1. The third-order valence-corrected chi connectivity index (χ3v) is 11.6. The number of aromatic nitrogens is 1. The van der Waals surface area contributed by atoms with E-state index in [1.54, 1.807) is 23.2 Å². The smallest absolute Gasteiger partial charge is 0.263 e. The molecule has 1 aromatic carbocycles. The van der Waals surface area contributed by atoms with Gasteiger partial charge in [-0.3, -0.25) is 9.59 Å². The zero-order chi connectivity index (χ0) is 31.8. The standard InChI is InChI=1S/C33H37Cl2FN6O2S/c1-18(2)26-27(30(44)40-13-5-6-24(40)29(43)41-17-33(11-12-33)38-15-19(41)3)45-31-39-32(4,21-8-10-25(35)37-16-21)28(42(26)31)20-7-9-22(34)23(36)14-20/h7-10,14,16,18-19,24,28,38H,5-6,11-13,15,17H2,1-4H3/t19-,24+,28+,32-/m0/s1. The van der Waals surface area contributed by atoms with Crippen LogP contribution in [0.5, 0.6) is 0 Å². The Balaban J connectivity index is 1.25. The van der Waals surface area contributed by atoms with Crippen LogP contribution in [0.3, 0.4) is 0 Å². The summed E-state index contributed by atoms with van der Waals surface area (Å²) in [5, 5.41) is 4.68. The number of hydrogen-bond acceptors (Lipinski definition) is 7. The molecule has 4 aliphatic heterocycles. The molecule has 4 atom stereocenters. The van der Waals surface area contributed by atoms with E-state index in [0.29, 0.717) is 40.3 Å². The fraction of sp³-hybridized carbons (Fsp3) is 0.515. The van der Waals surface area contributed by atoms with Crippen molar-refractivity contribution in [1.29, 1.82) is 0 Å². The average Bonchev–Trinajstić information content (AvgIpc) is 3.30. The molecule has 1 aromatic heterocycles.